The van der Waals surface area contributed by atoms with Gasteiger partial charge < -0.3 is 10.1 Å². The van der Waals surface area contributed by atoms with Crippen molar-refractivity contribution in [2.75, 3.05) is 6.61 Å². The number of thiophene rings is 1. The molecule has 3 heterocycles. The highest BCUT2D eigenvalue weighted by Gasteiger charge is 2.18. The highest BCUT2D eigenvalue weighted by molar-refractivity contribution is 7.13. The zero-order valence-electron chi connectivity index (χ0n) is 17.2. The van der Waals surface area contributed by atoms with Gasteiger partial charge in [-0.25, -0.2) is 9.67 Å². The SMILES string of the molecule is CC(C)n1ncc2c(C(=O)NCc3cccc(OCC#N)c3)cc(-c3cccs3)nc21. The second-order valence-corrected chi connectivity index (χ2v) is 8.18. The minimum atomic E-state index is -0.197. The molecule has 0 aliphatic rings. The zero-order chi connectivity index (χ0) is 21.8. The van der Waals surface area contributed by atoms with Gasteiger partial charge in [0.05, 0.1) is 27.7 Å². The lowest BCUT2D eigenvalue weighted by Gasteiger charge is -2.11. The normalized spacial score (nSPS) is 10.9. The van der Waals surface area contributed by atoms with Crippen LogP contribution in [0, 0.1) is 11.3 Å². The molecular formula is C23H21N5O2S. The van der Waals surface area contributed by atoms with Crippen LogP contribution in [0.2, 0.25) is 0 Å². The summed E-state index contributed by atoms with van der Waals surface area (Å²) in [5.74, 6) is 0.398. The summed E-state index contributed by atoms with van der Waals surface area (Å²) in [6, 6.07) is 15.2. The fourth-order valence-electron chi connectivity index (χ4n) is 3.27. The average molecular weight is 432 g/mol. The van der Waals surface area contributed by atoms with E-state index < -0.39 is 0 Å². The number of benzene rings is 1. The first-order chi connectivity index (χ1) is 15.1. The van der Waals surface area contributed by atoms with Crippen LogP contribution in [-0.4, -0.2) is 27.3 Å². The summed E-state index contributed by atoms with van der Waals surface area (Å²) in [5, 5.41) is 18.8. The largest absolute Gasteiger partial charge is 0.479 e. The van der Waals surface area contributed by atoms with E-state index in [0.717, 1.165) is 21.5 Å². The Morgan fingerprint density at radius 2 is 2.16 bits per heavy atom. The number of hydrogen-bond acceptors (Lipinski definition) is 6. The third kappa shape index (κ3) is 4.42. The molecule has 7 nitrogen and oxygen atoms in total. The van der Waals surface area contributed by atoms with E-state index in [1.807, 2.05) is 66.4 Å². The van der Waals surface area contributed by atoms with Crippen LogP contribution in [0.5, 0.6) is 5.75 Å². The van der Waals surface area contributed by atoms with Crippen molar-refractivity contribution in [1.82, 2.24) is 20.1 Å². The van der Waals surface area contributed by atoms with Gasteiger partial charge in [0.25, 0.3) is 5.91 Å². The van der Waals surface area contributed by atoms with Crippen molar-refractivity contribution < 1.29 is 9.53 Å². The van der Waals surface area contributed by atoms with Gasteiger partial charge in [0.1, 0.15) is 11.8 Å². The van der Waals surface area contributed by atoms with E-state index in [4.69, 9.17) is 15.0 Å². The molecule has 0 saturated carbocycles. The fraction of sp³-hybridized carbons (Fsp3) is 0.217. The zero-order valence-corrected chi connectivity index (χ0v) is 18.0. The molecule has 1 aromatic carbocycles. The predicted molar refractivity (Wildman–Crippen MR) is 120 cm³/mol. The van der Waals surface area contributed by atoms with E-state index in [9.17, 15) is 4.79 Å². The van der Waals surface area contributed by atoms with Crippen LogP contribution in [0.4, 0.5) is 0 Å². The van der Waals surface area contributed by atoms with Crippen LogP contribution in [-0.2, 0) is 6.54 Å². The Bertz CT molecular complexity index is 1250. The number of aromatic nitrogens is 3. The predicted octanol–water partition coefficient (Wildman–Crippen LogP) is 4.57. The van der Waals surface area contributed by atoms with Crippen molar-refractivity contribution in [3.05, 3.63) is 65.2 Å². The highest BCUT2D eigenvalue weighted by Crippen LogP contribution is 2.29. The number of fused-ring (bicyclic) bond motifs is 1. The van der Waals surface area contributed by atoms with Gasteiger partial charge in [0.2, 0.25) is 0 Å². The maximum atomic E-state index is 13.1. The topological polar surface area (TPSA) is 92.8 Å². The minimum absolute atomic E-state index is 0.0177. The number of nitrogens with one attached hydrogen (secondary N) is 1. The summed E-state index contributed by atoms with van der Waals surface area (Å²) < 4.78 is 7.17. The maximum Gasteiger partial charge on any atom is 0.252 e. The molecule has 0 aliphatic heterocycles. The van der Waals surface area contributed by atoms with Crippen molar-refractivity contribution >= 4 is 28.3 Å². The van der Waals surface area contributed by atoms with Gasteiger partial charge in [-0.1, -0.05) is 18.2 Å². The van der Waals surface area contributed by atoms with Gasteiger partial charge in [0, 0.05) is 12.6 Å². The Morgan fingerprint density at radius 1 is 1.29 bits per heavy atom. The number of hydrogen-bond donors (Lipinski definition) is 1. The Labute approximate surface area is 183 Å². The molecular weight excluding hydrogens is 410 g/mol. The van der Waals surface area contributed by atoms with Crippen LogP contribution in [0.25, 0.3) is 21.6 Å². The molecule has 0 atom stereocenters. The van der Waals surface area contributed by atoms with Gasteiger partial charge in [0.15, 0.2) is 12.3 Å². The smallest absolute Gasteiger partial charge is 0.252 e. The van der Waals surface area contributed by atoms with Crippen molar-refractivity contribution in [2.24, 2.45) is 0 Å². The van der Waals surface area contributed by atoms with E-state index in [1.165, 1.54) is 0 Å². The number of nitrogens with zero attached hydrogens (tertiary/aromatic N) is 4. The van der Waals surface area contributed by atoms with Crippen LogP contribution < -0.4 is 10.1 Å². The summed E-state index contributed by atoms with van der Waals surface area (Å²) in [6.45, 7) is 4.38. The van der Waals surface area contributed by atoms with E-state index in [2.05, 4.69) is 10.4 Å². The summed E-state index contributed by atoms with van der Waals surface area (Å²) in [4.78, 5) is 18.9. The number of carbonyl (C=O) groups is 1. The summed E-state index contributed by atoms with van der Waals surface area (Å²) in [5.41, 5.74) is 2.86. The fourth-order valence-corrected chi connectivity index (χ4v) is 3.96. The molecule has 4 rings (SSSR count). The average Bonchev–Trinajstić information content (AvgIpc) is 3.45. The Morgan fingerprint density at radius 3 is 2.90 bits per heavy atom. The number of ether oxygens (including phenoxy) is 1. The van der Waals surface area contributed by atoms with Crippen molar-refractivity contribution in [3.8, 4) is 22.4 Å². The molecule has 8 heteroatoms. The first-order valence-corrected chi connectivity index (χ1v) is 10.7. The number of rotatable bonds is 7. The van der Waals surface area contributed by atoms with E-state index in [1.54, 1.807) is 23.6 Å². The second kappa shape index (κ2) is 8.98. The standard InChI is InChI=1S/C23H21N5O2S/c1-15(2)28-22-19(14-26-28)18(12-20(27-22)21-7-4-10-31-21)23(29)25-13-16-5-3-6-17(11-16)30-9-8-24/h3-7,10-12,14-15H,9,13H2,1-2H3,(H,25,29). The number of pyridine rings is 1. The van der Waals surface area contributed by atoms with Crippen LogP contribution >= 0.6 is 11.3 Å². The first-order valence-electron chi connectivity index (χ1n) is 9.86. The highest BCUT2D eigenvalue weighted by atomic mass is 32.1. The molecule has 0 unspecified atom stereocenters. The van der Waals surface area contributed by atoms with E-state index in [0.29, 0.717) is 23.5 Å². The summed E-state index contributed by atoms with van der Waals surface area (Å²) in [6.07, 6.45) is 1.70. The Kier molecular flexibility index (Phi) is 5.96. The molecule has 0 saturated heterocycles. The van der Waals surface area contributed by atoms with Gasteiger partial charge in [-0.3, -0.25) is 4.79 Å². The minimum Gasteiger partial charge on any atom is -0.479 e. The van der Waals surface area contributed by atoms with Crippen molar-refractivity contribution in [2.45, 2.75) is 26.4 Å². The lowest BCUT2D eigenvalue weighted by molar-refractivity contribution is 0.0952. The molecule has 1 amide bonds. The molecule has 0 fully saturated rings. The third-order valence-corrected chi connectivity index (χ3v) is 5.62. The van der Waals surface area contributed by atoms with Crippen LogP contribution in [0.3, 0.4) is 0 Å². The van der Waals surface area contributed by atoms with Gasteiger partial charge >= 0.3 is 0 Å². The Hall–Kier alpha value is -3.70. The summed E-state index contributed by atoms with van der Waals surface area (Å²) in [7, 11) is 0. The van der Waals surface area contributed by atoms with Gasteiger partial charge in [-0.2, -0.15) is 10.4 Å². The van der Waals surface area contributed by atoms with Gasteiger partial charge in [-0.15, -0.1) is 11.3 Å². The molecule has 0 spiro atoms. The number of carbonyl (C=O) groups excluding carboxylic acids is 1. The maximum absolute atomic E-state index is 13.1. The quantitative estimate of drug-likeness (QED) is 0.463. The molecule has 0 radical (unpaired) electrons. The second-order valence-electron chi connectivity index (χ2n) is 7.23. The lowest BCUT2D eigenvalue weighted by Crippen LogP contribution is -2.23. The molecule has 0 bridgehead atoms. The van der Waals surface area contributed by atoms with E-state index in [-0.39, 0.29) is 18.6 Å². The molecule has 1 N–H and O–H groups in total. The summed E-state index contributed by atoms with van der Waals surface area (Å²) >= 11 is 1.58. The molecule has 3 aromatic heterocycles. The molecule has 31 heavy (non-hydrogen) atoms. The van der Waals surface area contributed by atoms with Crippen molar-refractivity contribution in [1.29, 1.82) is 5.26 Å². The number of amides is 1. The van der Waals surface area contributed by atoms with Crippen molar-refractivity contribution in [3.63, 3.8) is 0 Å². The molecule has 156 valence electrons. The molecule has 0 aliphatic carbocycles. The van der Waals surface area contributed by atoms with Crippen LogP contribution in [0.1, 0.15) is 35.8 Å². The third-order valence-electron chi connectivity index (χ3n) is 4.73. The molecule has 4 aromatic rings. The lowest BCUT2D eigenvalue weighted by atomic mass is 10.1. The van der Waals surface area contributed by atoms with E-state index >= 15 is 0 Å². The Balaban J connectivity index is 1.64. The monoisotopic (exact) mass is 431 g/mol. The van der Waals surface area contributed by atoms with Gasteiger partial charge in [-0.05, 0) is 49.1 Å². The van der Waals surface area contributed by atoms with Crippen LogP contribution in [0.15, 0.2) is 54.0 Å². The number of nitriles is 1. The first kappa shape index (κ1) is 20.6.